The van der Waals surface area contributed by atoms with Gasteiger partial charge in [0, 0.05) is 30.7 Å². The van der Waals surface area contributed by atoms with E-state index in [4.69, 9.17) is 4.74 Å². The molecule has 0 saturated heterocycles. The van der Waals surface area contributed by atoms with Crippen molar-refractivity contribution in [1.29, 1.82) is 0 Å². The summed E-state index contributed by atoms with van der Waals surface area (Å²) in [6.07, 6.45) is 0. The summed E-state index contributed by atoms with van der Waals surface area (Å²) in [5, 5.41) is 23.9. The van der Waals surface area contributed by atoms with E-state index in [0.717, 1.165) is 5.56 Å². The summed E-state index contributed by atoms with van der Waals surface area (Å²) in [4.78, 5) is 27.0. The van der Waals surface area contributed by atoms with Crippen LogP contribution in [0.3, 0.4) is 0 Å². The van der Waals surface area contributed by atoms with Crippen molar-refractivity contribution in [3.63, 3.8) is 0 Å². The Hall–Kier alpha value is -4.72. The van der Waals surface area contributed by atoms with Crippen molar-refractivity contribution in [3.8, 4) is 11.5 Å². The van der Waals surface area contributed by atoms with Gasteiger partial charge in [-0.15, -0.1) is 10.2 Å². The second kappa shape index (κ2) is 10.3. The number of hydrogen-bond donors (Lipinski definition) is 2. The van der Waals surface area contributed by atoms with E-state index in [0.29, 0.717) is 33.5 Å². The highest BCUT2D eigenvalue weighted by Gasteiger charge is 2.19. The number of phenolic OH excluding ortho intramolecular Hbond substituents is 1. The third-order valence-corrected chi connectivity index (χ3v) is 5.72. The molecule has 0 fully saturated rings. The number of benzene rings is 4. The highest BCUT2D eigenvalue weighted by Crippen LogP contribution is 2.40. The van der Waals surface area contributed by atoms with Gasteiger partial charge >= 0.3 is 0 Å². The maximum atomic E-state index is 13.1. The van der Waals surface area contributed by atoms with Crippen molar-refractivity contribution in [2.45, 2.75) is 6.92 Å². The van der Waals surface area contributed by atoms with Gasteiger partial charge in [-0.05, 0) is 48.2 Å². The summed E-state index contributed by atoms with van der Waals surface area (Å²) in [6, 6.07) is 21.1. The number of carbonyl (C=O) groups excluding carboxylic acids is 2. The number of anilines is 1. The number of azo groups is 1. The molecule has 2 amide bonds. The van der Waals surface area contributed by atoms with Crippen molar-refractivity contribution in [2.24, 2.45) is 10.2 Å². The monoisotopic (exact) mass is 482 g/mol. The number of phenols is 1. The Labute approximate surface area is 208 Å². The number of methoxy groups -OCH3 is 1. The number of nitrogens with zero attached hydrogens (tertiary/aromatic N) is 3. The van der Waals surface area contributed by atoms with Gasteiger partial charge in [-0.2, -0.15) is 0 Å². The average molecular weight is 483 g/mol. The molecule has 4 aromatic rings. The molecular formula is C28H26N4O4. The number of hydrogen-bond acceptors (Lipinski definition) is 6. The summed E-state index contributed by atoms with van der Waals surface area (Å²) in [5.41, 5.74) is 2.46. The summed E-state index contributed by atoms with van der Waals surface area (Å²) in [5.74, 6) is -0.563. The molecular weight excluding hydrogens is 456 g/mol. The summed E-state index contributed by atoms with van der Waals surface area (Å²) in [6.45, 7) is 1.89. The minimum atomic E-state index is -0.472. The van der Waals surface area contributed by atoms with Crippen LogP contribution in [0.4, 0.5) is 17.1 Å². The molecule has 0 unspecified atom stereocenters. The minimum absolute atomic E-state index is 0.0643. The molecule has 0 aromatic heterocycles. The molecule has 8 heteroatoms. The number of ether oxygens (including phenoxy) is 1. The molecule has 0 spiro atoms. The second-order valence-electron chi connectivity index (χ2n) is 8.40. The van der Waals surface area contributed by atoms with Crippen molar-refractivity contribution in [3.05, 3.63) is 89.5 Å². The first-order valence-corrected chi connectivity index (χ1v) is 11.2. The fourth-order valence-corrected chi connectivity index (χ4v) is 3.76. The molecule has 182 valence electrons. The molecule has 0 heterocycles. The molecule has 0 aliphatic heterocycles. The van der Waals surface area contributed by atoms with E-state index in [1.165, 1.54) is 12.0 Å². The second-order valence-corrected chi connectivity index (χ2v) is 8.40. The van der Waals surface area contributed by atoms with Gasteiger partial charge in [0.1, 0.15) is 17.1 Å². The molecule has 0 bridgehead atoms. The Kier molecular flexibility index (Phi) is 6.96. The van der Waals surface area contributed by atoms with Crippen LogP contribution in [0.2, 0.25) is 0 Å². The van der Waals surface area contributed by atoms with Crippen molar-refractivity contribution < 1.29 is 19.4 Å². The van der Waals surface area contributed by atoms with E-state index in [-0.39, 0.29) is 22.9 Å². The maximum Gasteiger partial charge on any atom is 0.259 e. The number of rotatable bonds is 6. The molecule has 0 radical (unpaired) electrons. The summed E-state index contributed by atoms with van der Waals surface area (Å²) < 4.78 is 5.38. The van der Waals surface area contributed by atoms with Crippen LogP contribution in [0.15, 0.2) is 83.0 Å². The molecule has 36 heavy (non-hydrogen) atoms. The Balaban J connectivity index is 1.80. The van der Waals surface area contributed by atoms with Crippen LogP contribution in [-0.4, -0.2) is 43.0 Å². The smallest absolute Gasteiger partial charge is 0.259 e. The van der Waals surface area contributed by atoms with Crippen LogP contribution in [0.1, 0.15) is 26.3 Å². The molecule has 8 nitrogen and oxygen atoms in total. The Morgan fingerprint density at radius 1 is 0.944 bits per heavy atom. The van der Waals surface area contributed by atoms with Gasteiger partial charge in [0.15, 0.2) is 5.75 Å². The number of amides is 2. The zero-order valence-electron chi connectivity index (χ0n) is 20.4. The zero-order chi connectivity index (χ0) is 25.8. The van der Waals surface area contributed by atoms with Gasteiger partial charge in [0.25, 0.3) is 11.8 Å². The number of para-hydroxylation sites is 1. The Morgan fingerprint density at radius 2 is 1.67 bits per heavy atom. The zero-order valence-corrected chi connectivity index (χ0v) is 20.4. The van der Waals surface area contributed by atoms with Crippen LogP contribution < -0.4 is 10.1 Å². The van der Waals surface area contributed by atoms with Crippen molar-refractivity contribution in [1.82, 2.24) is 4.90 Å². The number of fused-ring (bicyclic) bond motifs is 1. The molecule has 0 atom stereocenters. The maximum absolute atomic E-state index is 13.1. The predicted octanol–water partition coefficient (Wildman–Crippen LogP) is 6.23. The van der Waals surface area contributed by atoms with E-state index >= 15 is 0 Å². The number of aromatic hydroxyl groups is 1. The molecule has 0 saturated carbocycles. The molecule has 4 aromatic carbocycles. The number of aryl methyl sites for hydroxylation is 1. The minimum Gasteiger partial charge on any atom is -0.505 e. The number of nitrogens with one attached hydrogen (secondary N) is 1. The van der Waals surface area contributed by atoms with E-state index in [2.05, 4.69) is 15.5 Å². The lowest BCUT2D eigenvalue weighted by Gasteiger charge is -2.13. The predicted molar refractivity (Wildman–Crippen MR) is 140 cm³/mol. The van der Waals surface area contributed by atoms with E-state index in [1.54, 1.807) is 50.5 Å². The van der Waals surface area contributed by atoms with Gasteiger partial charge in [0.05, 0.1) is 12.7 Å². The van der Waals surface area contributed by atoms with E-state index in [1.807, 2.05) is 43.3 Å². The molecule has 2 N–H and O–H groups in total. The first kappa shape index (κ1) is 24.4. The van der Waals surface area contributed by atoms with Gasteiger partial charge < -0.3 is 20.1 Å². The SMILES string of the molecule is COc1ccc(C(=O)N(C)C)cc1N=Nc1c(O)c(C(=O)Nc2ccccc2C)cc2ccccc12. The van der Waals surface area contributed by atoms with E-state index < -0.39 is 5.91 Å². The normalized spacial score (nSPS) is 11.0. The van der Waals surface area contributed by atoms with Gasteiger partial charge in [-0.1, -0.05) is 42.5 Å². The van der Waals surface area contributed by atoms with Gasteiger partial charge in [-0.25, -0.2) is 0 Å². The Morgan fingerprint density at radius 3 is 2.39 bits per heavy atom. The summed E-state index contributed by atoms with van der Waals surface area (Å²) in [7, 11) is 4.81. The topological polar surface area (TPSA) is 104 Å². The van der Waals surface area contributed by atoms with Gasteiger partial charge in [0.2, 0.25) is 0 Å². The molecule has 0 aliphatic carbocycles. The Bertz CT molecular complexity index is 1490. The van der Waals surface area contributed by atoms with Crippen molar-refractivity contribution in [2.75, 3.05) is 26.5 Å². The third kappa shape index (κ3) is 4.88. The van der Waals surface area contributed by atoms with Crippen LogP contribution in [0.5, 0.6) is 11.5 Å². The first-order valence-electron chi connectivity index (χ1n) is 11.2. The summed E-state index contributed by atoms with van der Waals surface area (Å²) >= 11 is 0. The van der Waals surface area contributed by atoms with Crippen LogP contribution in [-0.2, 0) is 0 Å². The van der Waals surface area contributed by atoms with Crippen LogP contribution in [0, 0.1) is 6.92 Å². The lowest BCUT2D eigenvalue weighted by Crippen LogP contribution is -2.21. The van der Waals surface area contributed by atoms with Crippen LogP contribution >= 0.6 is 0 Å². The standard InChI is InChI=1S/C28H26N4O4/c1-17-9-5-8-12-22(17)29-27(34)21-15-18-10-6-7-11-20(18)25(26(21)33)31-30-23-16-19(28(35)32(2)3)13-14-24(23)36-4/h5-16,33H,1-4H3,(H,29,34). The molecule has 4 rings (SSSR count). The van der Waals surface area contributed by atoms with Crippen LogP contribution in [0.25, 0.3) is 10.8 Å². The quantitative estimate of drug-likeness (QED) is 0.318. The van der Waals surface area contributed by atoms with Crippen molar-refractivity contribution >= 4 is 39.6 Å². The lowest BCUT2D eigenvalue weighted by molar-refractivity contribution is 0.0827. The number of carbonyl (C=O) groups is 2. The largest absolute Gasteiger partial charge is 0.505 e. The van der Waals surface area contributed by atoms with Gasteiger partial charge in [-0.3, -0.25) is 9.59 Å². The fourth-order valence-electron chi connectivity index (χ4n) is 3.76. The lowest BCUT2D eigenvalue weighted by atomic mass is 10.0. The first-order chi connectivity index (χ1) is 17.3. The highest BCUT2D eigenvalue weighted by molar-refractivity contribution is 6.12. The fraction of sp³-hybridized carbons (Fsp3) is 0.143. The average Bonchev–Trinajstić information content (AvgIpc) is 2.88. The molecule has 0 aliphatic rings. The highest BCUT2D eigenvalue weighted by atomic mass is 16.5. The third-order valence-electron chi connectivity index (χ3n) is 5.72. The van der Waals surface area contributed by atoms with E-state index in [9.17, 15) is 14.7 Å².